The highest BCUT2D eigenvalue weighted by atomic mass is 32.2. The molecule has 1 rings (SSSR count). The molecular weight excluding hydrogens is 171 g/mol. The van der Waals surface area contributed by atoms with E-state index in [0.717, 1.165) is 18.2 Å². The van der Waals surface area contributed by atoms with E-state index < -0.39 is 22.3 Å². The highest BCUT2D eigenvalue weighted by Crippen LogP contribution is 2.16. The van der Waals surface area contributed by atoms with E-state index in [-0.39, 0.29) is 4.90 Å². The van der Waals surface area contributed by atoms with Crippen molar-refractivity contribution < 1.29 is 17.9 Å². The number of phenols is 1. The van der Waals surface area contributed by atoms with Gasteiger partial charge in [-0.1, -0.05) is 0 Å². The van der Waals surface area contributed by atoms with Gasteiger partial charge in [-0.3, -0.25) is 0 Å². The van der Waals surface area contributed by atoms with Gasteiger partial charge >= 0.3 is 0 Å². The fourth-order valence-corrected chi connectivity index (χ4v) is 1.02. The molecule has 0 heterocycles. The summed E-state index contributed by atoms with van der Waals surface area (Å²) in [6, 6.07) is 2.89. The van der Waals surface area contributed by atoms with Crippen molar-refractivity contribution in [3.05, 3.63) is 24.0 Å². The lowest BCUT2D eigenvalue weighted by molar-refractivity contribution is 0.431. The van der Waals surface area contributed by atoms with Gasteiger partial charge in [-0.05, 0) is 18.2 Å². The van der Waals surface area contributed by atoms with Crippen LogP contribution in [0.1, 0.15) is 0 Å². The van der Waals surface area contributed by atoms with Crippen LogP contribution in [0.5, 0.6) is 5.75 Å². The first-order valence-electron chi connectivity index (χ1n) is 2.74. The molecule has 0 fully saturated rings. The van der Waals surface area contributed by atoms with E-state index in [4.69, 9.17) is 5.11 Å². The molecule has 1 aromatic carbocycles. The highest BCUT2D eigenvalue weighted by molar-refractivity contribution is 7.72. The van der Waals surface area contributed by atoms with Gasteiger partial charge in [0.2, 0.25) is 0 Å². The van der Waals surface area contributed by atoms with E-state index in [1.165, 1.54) is 0 Å². The lowest BCUT2D eigenvalue weighted by Gasteiger charge is -1.93. The number of hydrogen-bond donors (Lipinski definition) is 2. The maximum Gasteiger partial charge on any atom is 0.168 e. The van der Waals surface area contributed by atoms with Gasteiger partial charge in [-0.25, -0.2) is 12.8 Å². The number of hydrogen-bond acceptors (Lipinski definition) is 3. The topological polar surface area (TPSA) is 54.4 Å². The van der Waals surface area contributed by atoms with Gasteiger partial charge in [0.15, 0.2) is 22.3 Å². The van der Waals surface area contributed by atoms with E-state index in [0.29, 0.717) is 0 Å². The van der Waals surface area contributed by atoms with Crippen LogP contribution in [0.15, 0.2) is 23.1 Å². The van der Waals surface area contributed by atoms with Crippen molar-refractivity contribution in [1.29, 1.82) is 0 Å². The maximum absolute atomic E-state index is 12.4. The molecule has 0 saturated carbocycles. The average Bonchev–Trinajstić information content (AvgIpc) is 1.94. The Hall–Kier alpha value is -1.10. The Morgan fingerprint density at radius 2 is 2.00 bits per heavy atom. The third kappa shape index (κ3) is 1.68. The summed E-state index contributed by atoms with van der Waals surface area (Å²) >= 11 is 0. The summed E-state index contributed by atoms with van der Waals surface area (Å²) in [5.41, 5.74) is 0. The summed E-state index contributed by atoms with van der Waals surface area (Å²) in [6.07, 6.45) is 0. The number of thiol groups is 1. The van der Waals surface area contributed by atoms with E-state index in [9.17, 15) is 12.8 Å². The molecule has 0 aliphatic heterocycles. The zero-order chi connectivity index (χ0) is 8.43. The molecule has 0 spiro atoms. The third-order valence-electron chi connectivity index (χ3n) is 1.14. The molecule has 0 radical (unpaired) electrons. The molecule has 0 atom stereocenters. The molecule has 0 amide bonds. The third-order valence-corrected chi connectivity index (χ3v) is 1.84. The molecule has 5 heteroatoms. The molecular formula is C6H5FO3S. The van der Waals surface area contributed by atoms with Crippen LogP contribution >= 0.6 is 0 Å². The Labute approximate surface area is 64.0 Å². The van der Waals surface area contributed by atoms with Crippen LogP contribution in [0, 0.1) is 5.82 Å². The zero-order valence-electron chi connectivity index (χ0n) is 5.32. The quantitative estimate of drug-likeness (QED) is 0.613. The summed E-state index contributed by atoms with van der Waals surface area (Å²) in [6.45, 7) is 0. The zero-order valence-corrected chi connectivity index (χ0v) is 6.22. The lowest BCUT2D eigenvalue weighted by Crippen LogP contribution is -1.82. The number of phenolic OH excluding ortho intramolecular Hbond substituents is 1. The average molecular weight is 176 g/mol. The predicted molar refractivity (Wildman–Crippen MR) is 36.6 cm³/mol. The van der Waals surface area contributed by atoms with Crippen molar-refractivity contribution in [2.75, 3.05) is 0 Å². The van der Waals surface area contributed by atoms with Crippen LogP contribution < -0.4 is 0 Å². The molecule has 0 aliphatic carbocycles. The summed E-state index contributed by atoms with van der Waals surface area (Å²) in [5.74, 6) is -1.48. The Morgan fingerprint density at radius 1 is 1.36 bits per heavy atom. The second-order valence-electron chi connectivity index (χ2n) is 1.89. The van der Waals surface area contributed by atoms with Gasteiger partial charge in [0.05, 0.1) is 4.90 Å². The number of benzene rings is 1. The minimum absolute atomic E-state index is 0.143. The molecule has 0 bridgehead atoms. The van der Waals surface area contributed by atoms with Crippen LogP contribution in [0.4, 0.5) is 4.39 Å². The van der Waals surface area contributed by atoms with Crippen molar-refractivity contribution in [2.45, 2.75) is 4.90 Å². The number of halogens is 1. The Balaban J connectivity index is 3.26. The summed E-state index contributed by atoms with van der Waals surface area (Å²) < 4.78 is 32.9. The molecule has 60 valence electrons. The van der Waals surface area contributed by atoms with Crippen LogP contribution in [-0.4, -0.2) is 13.5 Å². The van der Waals surface area contributed by atoms with Crippen molar-refractivity contribution >= 4 is 10.7 Å². The lowest BCUT2D eigenvalue weighted by atomic mass is 10.3. The summed E-state index contributed by atoms with van der Waals surface area (Å²) in [7, 11) is -2.78. The minimum Gasteiger partial charge on any atom is -0.505 e. The Kier molecular flexibility index (Phi) is 2.09. The molecule has 0 saturated heterocycles. The molecule has 11 heavy (non-hydrogen) atoms. The molecule has 3 nitrogen and oxygen atoms in total. The molecule has 1 N–H and O–H groups in total. The van der Waals surface area contributed by atoms with Gasteiger partial charge in [-0.2, -0.15) is 0 Å². The van der Waals surface area contributed by atoms with E-state index in [1.54, 1.807) is 0 Å². The predicted octanol–water partition coefficient (Wildman–Crippen LogP) is 0.502. The normalized spacial score (nSPS) is 10.4. The molecule has 0 aliphatic rings. The fraction of sp³-hybridized carbons (Fsp3) is 0. The van der Waals surface area contributed by atoms with E-state index in [1.807, 2.05) is 0 Å². The summed E-state index contributed by atoms with van der Waals surface area (Å²) in [4.78, 5) is -0.143. The van der Waals surface area contributed by atoms with Crippen LogP contribution in [0.3, 0.4) is 0 Å². The fourth-order valence-electron chi connectivity index (χ4n) is 0.609. The SMILES string of the molecule is O=[SH](=O)c1ccc(O)c(F)c1. The van der Waals surface area contributed by atoms with Gasteiger partial charge < -0.3 is 5.11 Å². The van der Waals surface area contributed by atoms with Crippen molar-refractivity contribution in [3.8, 4) is 5.75 Å². The Bertz CT molecular complexity index is 338. The van der Waals surface area contributed by atoms with Gasteiger partial charge in [-0.15, -0.1) is 0 Å². The monoisotopic (exact) mass is 176 g/mol. The summed E-state index contributed by atoms with van der Waals surface area (Å²) in [5, 5.41) is 8.65. The first-order valence-corrected chi connectivity index (χ1v) is 3.92. The largest absolute Gasteiger partial charge is 0.505 e. The minimum atomic E-state index is -2.78. The second kappa shape index (κ2) is 2.87. The maximum atomic E-state index is 12.4. The van der Waals surface area contributed by atoms with Gasteiger partial charge in [0, 0.05) is 0 Å². The number of rotatable bonds is 1. The van der Waals surface area contributed by atoms with Crippen molar-refractivity contribution in [3.63, 3.8) is 0 Å². The first-order chi connectivity index (χ1) is 5.11. The van der Waals surface area contributed by atoms with Gasteiger partial charge in [0.25, 0.3) is 0 Å². The van der Waals surface area contributed by atoms with Crippen LogP contribution in [0.25, 0.3) is 0 Å². The van der Waals surface area contributed by atoms with Crippen LogP contribution in [-0.2, 0) is 10.7 Å². The first kappa shape index (κ1) is 8.00. The van der Waals surface area contributed by atoms with E-state index in [2.05, 4.69) is 0 Å². The second-order valence-corrected chi connectivity index (χ2v) is 2.92. The molecule has 0 unspecified atom stereocenters. The number of aromatic hydroxyl groups is 1. The standard InChI is InChI=1S/C6H5FO3S/c7-5-3-4(11(9)10)1-2-6(5)8/h1-3,8,11H. The van der Waals surface area contributed by atoms with E-state index >= 15 is 0 Å². The smallest absolute Gasteiger partial charge is 0.168 e. The molecule has 1 aromatic rings. The van der Waals surface area contributed by atoms with Crippen molar-refractivity contribution in [2.24, 2.45) is 0 Å². The van der Waals surface area contributed by atoms with Crippen molar-refractivity contribution in [1.82, 2.24) is 0 Å². The molecule has 0 aromatic heterocycles. The van der Waals surface area contributed by atoms with Gasteiger partial charge in [0.1, 0.15) is 0 Å². The Morgan fingerprint density at radius 3 is 2.45 bits per heavy atom. The highest BCUT2D eigenvalue weighted by Gasteiger charge is 2.01. The van der Waals surface area contributed by atoms with Crippen LogP contribution in [0.2, 0.25) is 0 Å².